The van der Waals surface area contributed by atoms with Gasteiger partial charge in [-0.15, -0.1) is 0 Å². The Morgan fingerprint density at radius 2 is 1.92 bits per heavy atom. The third kappa shape index (κ3) is 3.48. The molecule has 2 N–H and O–H groups in total. The average molecular weight is 173 g/mol. The lowest BCUT2D eigenvalue weighted by molar-refractivity contribution is -0.139. The Balaban J connectivity index is 4.23. The smallest absolute Gasteiger partial charge is 0.253 e. The molecule has 0 saturated heterocycles. The summed E-state index contributed by atoms with van der Waals surface area (Å²) in [5.41, 5.74) is 1.49. The van der Waals surface area contributed by atoms with Gasteiger partial charge in [0.25, 0.3) is 5.91 Å². The molecule has 0 spiro atoms. The largest absolute Gasteiger partial charge is 0.299 e. The maximum atomic E-state index is 10.9. The van der Waals surface area contributed by atoms with Gasteiger partial charge < -0.3 is 0 Å². The zero-order valence-electron chi connectivity index (χ0n) is 7.63. The second kappa shape index (κ2) is 4.87. The molecule has 0 aromatic heterocycles. The van der Waals surface area contributed by atoms with Crippen LogP contribution in [-0.2, 0) is 9.59 Å². The maximum Gasteiger partial charge on any atom is 0.253 e. The molecule has 0 bridgehead atoms. The van der Waals surface area contributed by atoms with Gasteiger partial charge in [-0.3, -0.25) is 14.8 Å². The standard InChI is InChI=1S/C8H15NO3/c1-5(2)4-7(6(3)10)8(11)9-12/h5,7,12H,4H2,1-3H3,(H,9,11). The fourth-order valence-electron chi connectivity index (χ4n) is 1.01. The minimum absolute atomic E-state index is 0.213. The summed E-state index contributed by atoms with van der Waals surface area (Å²) in [6.07, 6.45) is 0.474. The van der Waals surface area contributed by atoms with E-state index in [-0.39, 0.29) is 11.7 Å². The Bertz CT molecular complexity index is 177. The monoisotopic (exact) mass is 173 g/mol. The lowest BCUT2D eigenvalue weighted by Gasteiger charge is -2.13. The van der Waals surface area contributed by atoms with Crippen LogP contribution in [0.1, 0.15) is 27.2 Å². The number of hydrogen-bond acceptors (Lipinski definition) is 3. The molecule has 0 aliphatic heterocycles. The van der Waals surface area contributed by atoms with Crippen LogP contribution in [0.3, 0.4) is 0 Å². The van der Waals surface area contributed by atoms with Gasteiger partial charge in [0.15, 0.2) is 0 Å². The van der Waals surface area contributed by atoms with E-state index in [1.54, 1.807) is 0 Å². The van der Waals surface area contributed by atoms with Gasteiger partial charge in [-0.05, 0) is 19.3 Å². The number of Topliss-reactive ketones (excluding diaryl/α,β-unsaturated/α-hetero) is 1. The second-order valence-electron chi connectivity index (χ2n) is 3.27. The van der Waals surface area contributed by atoms with E-state index >= 15 is 0 Å². The number of nitrogens with one attached hydrogen (secondary N) is 1. The van der Waals surface area contributed by atoms with Crippen molar-refractivity contribution in [1.82, 2.24) is 5.48 Å². The van der Waals surface area contributed by atoms with Crippen molar-refractivity contribution >= 4 is 11.7 Å². The minimum Gasteiger partial charge on any atom is -0.299 e. The molecule has 0 saturated carbocycles. The van der Waals surface area contributed by atoms with Gasteiger partial charge in [-0.25, -0.2) is 5.48 Å². The van der Waals surface area contributed by atoms with E-state index in [1.165, 1.54) is 12.4 Å². The third-order valence-electron chi connectivity index (χ3n) is 1.62. The number of rotatable bonds is 4. The predicted molar refractivity (Wildman–Crippen MR) is 43.6 cm³/mol. The van der Waals surface area contributed by atoms with Crippen molar-refractivity contribution < 1.29 is 14.8 Å². The van der Waals surface area contributed by atoms with Crippen LogP contribution in [0.5, 0.6) is 0 Å². The van der Waals surface area contributed by atoms with Crippen LogP contribution >= 0.6 is 0 Å². The summed E-state index contributed by atoms with van der Waals surface area (Å²) < 4.78 is 0. The summed E-state index contributed by atoms with van der Waals surface area (Å²) >= 11 is 0. The van der Waals surface area contributed by atoms with E-state index in [4.69, 9.17) is 5.21 Å². The molecule has 0 fully saturated rings. The Hall–Kier alpha value is -0.900. The normalized spacial score (nSPS) is 12.8. The van der Waals surface area contributed by atoms with Crippen molar-refractivity contribution in [3.63, 3.8) is 0 Å². The molecule has 1 atom stereocenters. The van der Waals surface area contributed by atoms with Crippen molar-refractivity contribution in [1.29, 1.82) is 0 Å². The first kappa shape index (κ1) is 11.1. The van der Waals surface area contributed by atoms with E-state index in [1.807, 2.05) is 13.8 Å². The lowest BCUT2D eigenvalue weighted by atomic mass is 9.93. The molecule has 1 unspecified atom stereocenters. The highest BCUT2D eigenvalue weighted by atomic mass is 16.5. The molecule has 4 nitrogen and oxygen atoms in total. The van der Waals surface area contributed by atoms with Crippen molar-refractivity contribution in [3.05, 3.63) is 0 Å². The number of carbonyl (C=O) groups excluding carboxylic acids is 2. The first-order valence-electron chi connectivity index (χ1n) is 3.93. The summed E-state index contributed by atoms with van der Waals surface area (Å²) in [7, 11) is 0. The van der Waals surface area contributed by atoms with Gasteiger partial charge in [0.05, 0.1) is 5.92 Å². The molecule has 0 aliphatic carbocycles. The first-order valence-corrected chi connectivity index (χ1v) is 3.93. The van der Waals surface area contributed by atoms with E-state index in [9.17, 15) is 9.59 Å². The first-order chi connectivity index (χ1) is 5.49. The molecule has 0 rings (SSSR count). The average Bonchev–Trinajstić information content (AvgIpc) is 1.98. The van der Waals surface area contributed by atoms with Crippen molar-refractivity contribution in [2.24, 2.45) is 11.8 Å². The van der Waals surface area contributed by atoms with Crippen molar-refractivity contribution in [2.45, 2.75) is 27.2 Å². The van der Waals surface area contributed by atoms with Gasteiger partial charge in [0, 0.05) is 0 Å². The third-order valence-corrected chi connectivity index (χ3v) is 1.62. The Kier molecular flexibility index (Phi) is 4.51. The molecular formula is C8H15NO3. The molecule has 12 heavy (non-hydrogen) atoms. The van der Waals surface area contributed by atoms with Crippen LogP contribution < -0.4 is 5.48 Å². The van der Waals surface area contributed by atoms with E-state index in [0.717, 1.165) is 0 Å². The predicted octanol–water partition coefficient (Wildman–Crippen LogP) is 0.743. The van der Waals surface area contributed by atoms with Crippen LogP contribution in [0.4, 0.5) is 0 Å². The number of carbonyl (C=O) groups is 2. The van der Waals surface area contributed by atoms with Crippen molar-refractivity contribution in [3.8, 4) is 0 Å². The highest BCUT2D eigenvalue weighted by Gasteiger charge is 2.23. The molecule has 0 aromatic carbocycles. The molecule has 0 aromatic rings. The minimum atomic E-state index is -0.713. The summed E-state index contributed by atoms with van der Waals surface area (Å²) in [4.78, 5) is 21.8. The van der Waals surface area contributed by atoms with Gasteiger partial charge in [-0.2, -0.15) is 0 Å². The zero-order chi connectivity index (χ0) is 9.72. The summed E-state index contributed by atoms with van der Waals surface area (Å²) in [6, 6.07) is 0. The zero-order valence-corrected chi connectivity index (χ0v) is 7.63. The van der Waals surface area contributed by atoms with E-state index in [0.29, 0.717) is 6.42 Å². The van der Waals surface area contributed by atoms with E-state index in [2.05, 4.69) is 0 Å². The Labute approximate surface area is 71.9 Å². The number of amides is 1. The molecule has 0 heterocycles. The highest BCUT2D eigenvalue weighted by Crippen LogP contribution is 2.12. The Morgan fingerprint density at radius 1 is 1.42 bits per heavy atom. The molecule has 70 valence electrons. The SMILES string of the molecule is CC(=O)C(CC(C)C)C(=O)NO. The van der Waals surface area contributed by atoms with E-state index < -0.39 is 11.8 Å². The lowest BCUT2D eigenvalue weighted by Crippen LogP contribution is -2.33. The number of ketones is 1. The summed E-state index contributed by atoms with van der Waals surface area (Å²) in [6.45, 7) is 5.18. The fraction of sp³-hybridized carbons (Fsp3) is 0.750. The molecule has 0 aliphatic rings. The van der Waals surface area contributed by atoms with Gasteiger partial charge in [0.1, 0.15) is 5.78 Å². The van der Waals surface area contributed by atoms with Gasteiger partial charge >= 0.3 is 0 Å². The van der Waals surface area contributed by atoms with Crippen LogP contribution in [0.25, 0.3) is 0 Å². The van der Waals surface area contributed by atoms with Crippen LogP contribution in [0, 0.1) is 11.8 Å². The summed E-state index contributed by atoms with van der Waals surface area (Å²) in [5, 5.41) is 8.32. The maximum absolute atomic E-state index is 10.9. The van der Waals surface area contributed by atoms with Crippen molar-refractivity contribution in [2.75, 3.05) is 0 Å². The van der Waals surface area contributed by atoms with Gasteiger partial charge in [0.2, 0.25) is 0 Å². The molecule has 0 radical (unpaired) electrons. The molecular weight excluding hydrogens is 158 g/mol. The summed E-state index contributed by atoms with van der Waals surface area (Å²) in [5.74, 6) is -1.28. The number of hydroxylamine groups is 1. The van der Waals surface area contributed by atoms with Crippen LogP contribution in [-0.4, -0.2) is 16.9 Å². The topological polar surface area (TPSA) is 66.4 Å². The van der Waals surface area contributed by atoms with Crippen LogP contribution in [0.2, 0.25) is 0 Å². The molecule has 1 amide bonds. The fourth-order valence-corrected chi connectivity index (χ4v) is 1.01. The number of hydrogen-bond donors (Lipinski definition) is 2. The quantitative estimate of drug-likeness (QED) is 0.374. The van der Waals surface area contributed by atoms with Gasteiger partial charge in [-0.1, -0.05) is 13.8 Å². The molecule has 4 heteroatoms. The Morgan fingerprint density at radius 3 is 2.17 bits per heavy atom. The van der Waals surface area contributed by atoms with Crippen LogP contribution in [0.15, 0.2) is 0 Å². The highest BCUT2D eigenvalue weighted by molar-refractivity contribution is 5.99. The second-order valence-corrected chi connectivity index (χ2v) is 3.27.